The molecule has 0 fully saturated rings. The molecule has 21 heavy (non-hydrogen) atoms. The SMILES string of the molecule is CC(CN(C)Cc1cccnc1)C(N)c1ccc(F)cn1. The number of rotatable bonds is 6. The van der Waals surface area contributed by atoms with Gasteiger partial charge in [-0.1, -0.05) is 13.0 Å². The Balaban J connectivity index is 1.91. The lowest BCUT2D eigenvalue weighted by Gasteiger charge is -2.25. The molecule has 2 heterocycles. The molecule has 0 aliphatic carbocycles. The van der Waals surface area contributed by atoms with Crippen molar-refractivity contribution in [2.24, 2.45) is 11.7 Å². The Morgan fingerprint density at radius 1 is 1.29 bits per heavy atom. The molecule has 2 atom stereocenters. The fraction of sp³-hybridized carbons (Fsp3) is 0.375. The van der Waals surface area contributed by atoms with Crippen LogP contribution in [-0.4, -0.2) is 28.5 Å². The van der Waals surface area contributed by atoms with Crippen LogP contribution in [0.1, 0.15) is 24.2 Å². The zero-order valence-corrected chi connectivity index (χ0v) is 12.4. The summed E-state index contributed by atoms with van der Waals surface area (Å²) in [7, 11) is 2.05. The molecule has 5 heteroatoms. The highest BCUT2D eigenvalue weighted by Crippen LogP contribution is 2.18. The first kappa shape index (κ1) is 15.5. The quantitative estimate of drug-likeness (QED) is 0.886. The molecule has 0 amide bonds. The fourth-order valence-electron chi connectivity index (χ4n) is 2.35. The minimum Gasteiger partial charge on any atom is -0.322 e. The highest BCUT2D eigenvalue weighted by Gasteiger charge is 2.18. The van der Waals surface area contributed by atoms with Crippen LogP contribution in [0.25, 0.3) is 0 Å². The second-order valence-corrected chi connectivity index (χ2v) is 5.46. The van der Waals surface area contributed by atoms with Crippen LogP contribution < -0.4 is 5.73 Å². The zero-order valence-electron chi connectivity index (χ0n) is 12.4. The van der Waals surface area contributed by atoms with Crippen LogP contribution in [0.2, 0.25) is 0 Å². The predicted octanol–water partition coefficient (Wildman–Crippen LogP) is 2.38. The van der Waals surface area contributed by atoms with Crippen LogP contribution in [0.15, 0.2) is 42.9 Å². The molecule has 0 saturated carbocycles. The van der Waals surface area contributed by atoms with Crippen LogP contribution >= 0.6 is 0 Å². The zero-order chi connectivity index (χ0) is 15.2. The topological polar surface area (TPSA) is 55.0 Å². The molecule has 2 aromatic rings. The van der Waals surface area contributed by atoms with Crippen molar-refractivity contribution >= 4 is 0 Å². The smallest absolute Gasteiger partial charge is 0.141 e. The standard InChI is InChI=1S/C16H21FN4/c1-12(16(18)15-6-5-14(17)9-20-15)10-21(2)11-13-4-3-7-19-8-13/h3-9,12,16H,10-11,18H2,1-2H3. The van der Waals surface area contributed by atoms with E-state index in [1.807, 2.05) is 19.3 Å². The Kier molecular flexibility index (Phi) is 5.36. The van der Waals surface area contributed by atoms with Gasteiger partial charge in [-0.05, 0) is 36.7 Å². The Morgan fingerprint density at radius 2 is 2.10 bits per heavy atom. The van der Waals surface area contributed by atoms with E-state index in [0.717, 1.165) is 18.8 Å². The molecular weight excluding hydrogens is 267 g/mol. The van der Waals surface area contributed by atoms with Gasteiger partial charge in [-0.25, -0.2) is 4.39 Å². The Hall–Kier alpha value is -1.85. The molecule has 0 aliphatic heterocycles. The molecule has 0 saturated heterocycles. The third-order valence-corrected chi connectivity index (χ3v) is 3.48. The summed E-state index contributed by atoms with van der Waals surface area (Å²) in [6.45, 7) is 3.73. The Bertz CT molecular complexity index is 544. The normalized spacial score (nSPS) is 14.1. The second-order valence-electron chi connectivity index (χ2n) is 5.46. The van der Waals surface area contributed by atoms with E-state index >= 15 is 0 Å². The number of nitrogens with zero attached hydrogens (tertiary/aromatic N) is 3. The first-order valence-electron chi connectivity index (χ1n) is 7.00. The van der Waals surface area contributed by atoms with Crippen molar-refractivity contribution in [2.75, 3.05) is 13.6 Å². The van der Waals surface area contributed by atoms with Gasteiger partial charge in [-0.2, -0.15) is 0 Å². The minimum atomic E-state index is -0.340. The average molecular weight is 288 g/mol. The first-order valence-corrected chi connectivity index (χ1v) is 7.00. The molecule has 0 radical (unpaired) electrons. The van der Waals surface area contributed by atoms with Gasteiger partial charge < -0.3 is 10.6 Å². The summed E-state index contributed by atoms with van der Waals surface area (Å²) in [5, 5.41) is 0. The lowest BCUT2D eigenvalue weighted by Crippen LogP contribution is -2.31. The minimum absolute atomic E-state index is 0.207. The molecule has 0 bridgehead atoms. The van der Waals surface area contributed by atoms with Crippen molar-refractivity contribution in [3.05, 3.63) is 59.9 Å². The second kappa shape index (κ2) is 7.24. The molecular formula is C16H21FN4. The maximum absolute atomic E-state index is 12.9. The molecule has 0 aliphatic rings. The fourth-order valence-corrected chi connectivity index (χ4v) is 2.35. The maximum atomic E-state index is 12.9. The van der Waals surface area contributed by atoms with Crippen molar-refractivity contribution in [2.45, 2.75) is 19.5 Å². The lowest BCUT2D eigenvalue weighted by atomic mass is 9.98. The van der Waals surface area contributed by atoms with E-state index in [1.165, 1.54) is 17.8 Å². The molecule has 2 aromatic heterocycles. The molecule has 0 spiro atoms. The van der Waals surface area contributed by atoms with Crippen molar-refractivity contribution < 1.29 is 4.39 Å². The summed E-state index contributed by atoms with van der Waals surface area (Å²) in [4.78, 5) is 10.4. The van der Waals surface area contributed by atoms with Crippen LogP contribution in [0.5, 0.6) is 0 Å². The van der Waals surface area contributed by atoms with E-state index < -0.39 is 0 Å². The molecule has 0 aromatic carbocycles. The van der Waals surface area contributed by atoms with Crippen LogP contribution in [0.3, 0.4) is 0 Å². The van der Waals surface area contributed by atoms with E-state index in [0.29, 0.717) is 0 Å². The van der Waals surface area contributed by atoms with Crippen LogP contribution in [0, 0.1) is 11.7 Å². The van der Waals surface area contributed by atoms with Gasteiger partial charge in [0.05, 0.1) is 17.9 Å². The Labute approximate surface area is 124 Å². The third kappa shape index (κ3) is 4.58. The van der Waals surface area contributed by atoms with E-state index in [2.05, 4.69) is 27.9 Å². The van der Waals surface area contributed by atoms with Crippen molar-refractivity contribution in [3.63, 3.8) is 0 Å². The van der Waals surface area contributed by atoms with Crippen LogP contribution in [-0.2, 0) is 6.54 Å². The van der Waals surface area contributed by atoms with Gasteiger partial charge in [0, 0.05) is 25.5 Å². The largest absolute Gasteiger partial charge is 0.322 e. The summed E-state index contributed by atoms with van der Waals surface area (Å²) in [6.07, 6.45) is 4.84. The third-order valence-electron chi connectivity index (χ3n) is 3.48. The summed E-state index contributed by atoms with van der Waals surface area (Å²) in [6, 6.07) is 6.82. The van der Waals surface area contributed by atoms with Crippen molar-refractivity contribution in [1.82, 2.24) is 14.9 Å². The number of pyridine rings is 2. The molecule has 112 valence electrons. The van der Waals surface area contributed by atoms with Gasteiger partial charge in [0.2, 0.25) is 0 Å². The van der Waals surface area contributed by atoms with E-state index in [1.54, 1.807) is 12.3 Å². The van der Waals surface area contributed by atoms with Crippen molar-refractivity contribution in [3.8, 4) is 0 Å². The molecule has 2 unspecified atom stereocenters. The predicted molar refractivity (Wildman–Crippen MR) is 80.9 cm³/mol. The summed E-state index contributed by atoms with van der Waals surface area (Å²) in [5.74, 6) is -0.128. The maximum Gasteiger partial charge on any atom is 0.141 e. The van der Waals surface area contributed by atoms with Gasteiger partial charge in [0.25, 0.3) is 0 Å². The highest BCUT2D eigenvalue weighted by molar-refractivity contribution is 5.11. The monoisotopic (exact) mass is 288 g/mol. The number of halogens is 1. The first-order chi connectivity index (χ1) is 10.1. The molecule has 2 N–H and O–H groups in total. The highest BCUT2D eigenvalue weighted by atomic mass is 19.1. The van der Waals surface area contributed by atoms with Crippen molar-refractivity contribution in [1.29, 1.82) is 0 Å². The number of aromatic nitrogens is 2. The number of hydrogen-bond acceptors (Lipinski definition) is 4. The van der Waals surface area contributed by atoms with Gasteiger partial charge in [0.1, 0.15) is 5.82 Å². The van der Waals surface area contributed by atoms with Gasteiger partial charge in [-0.15, -0.1) is 0 Å². The summed E-state index contributed by atoms with van der Waals surface area (Å²) >= 11 is 0. The molecule has 2 rings (SSSR count). The van der Waals surface area contributed by atoms with Gasteiger partial charge >= 0.3 is 0 Å². The summed E-state index contributed by atoms with van der Waals surface area (Å²) < 4.78 is 12.9. The Morgan fingerprint density at radius 3 is 2.71 bits per heavy atom. The van der Waals surface area contributed by atoms with Gasteiger partial charge in [-0.3, -0.25) is 9.97 Å². The average Bonchev–Trinajstić information content (AvgIpc) is 2.48. The number of hydrogen-bond donors (Lipinski definition) is 1. The number of nitrogens with two attached hydrogens (primary N) is 1. The van der Waals surface area contributed by atoms with Crippen LogP contribution in [0.4, 0.5) is 4.39 Å². The van der Waals surface area contributed by atoms with Gasteiger partial charge in [0.15, 0.2) is 0 Å². The van der Waals surface area contributed by atoms with E-state index in [9.17, 15) is 4.39 Å². The lowest BCUT2D eigenvalue weighted by molar-refractivity contribution is 0.256. The molecule has 4 nitrogen and oxygen atoms in total. The summed E-state index contributed by atoms with van der Waals surface area (Å²) in [5.41, 5.74) is 8.09. The van der Waals surface area contributed by atoms with E-state index in [4.69, 9.17) is 5.73 Å². The van der Waals surface area contributed by atoms with E-state index in [-0.39, 0.29) is 17.8 Å².